The molecule has 0 radical (unpaired) electrons. The largest absolute Gasteiger partial charge is 0.508 e. The number of hydrogen-bond acceptors (Lipinski definition) is 6. The first kappa shape index (κ1) is 18.8. The second-order valence-electron chi connectivity index (χ2n) is 8.29. The number of pyridine rings is 2. The summed E-state index contributed by atoms with van der Waals surface area (Å²) in [5.41, 5.74) is 5.24. The Morgan fingerprint density at radius 1 is 1.27 bits per heavy atom. The maximum Gasteiger partial charge on any atom is 0.313 e. The van der Waals surface area contributed by atoms with Crippen molar-refractivity contribution in [3.05, 3.63) is 56.9 Å². The Morgan fingerprint density at radius 3 is 2.80 bits per heavy atom. The fourth-order valence-corrected chi connectivity index (χ4v) is 4.60. The highest BCUT2D eigenvalue weighted by atomic mass is 16.5. The van der Waals surface area contributed by atoms with Crippen LogP contribution in [-0.2, 0) is 29.2 Å². The molecule has 1 aromatic carbocycles. The first-order valence-electron chi connectivity index (χ1n) is 10.1. The molecule has 0 bridgehead atoms. The van der Waals surface area contributed by atoms with Gasteiger partial charge in [-0.2, -0.15) is 0 Å². The summed E-state index contributed by atoms with van der Waals surface area (Å²) in [7, 11) is 3.90. The smallest absolute Gasteiger partial charge is 0.313 e. The van der Waals surface area contributed by atoms with Crippen LogP contribution in [0.15, 0.2) is 29.1 Å². The molecule has 3 aromatic rings. The average molecular weight is 405 g/mol. The van der Waals surface area contributed by atoms with Crippen molar-refractivity contribution in [1.82, 2.24) is 14.5 Å². The summed E-state index contributed by atoms with van der Waals surface area (Å²) in [5, 5.41) is 11.3. The highest BCUT2D eigenvalue weighted by molar-refractivity contribution is 5.89. The molecule has 0 saturated carbocycles. The van der Waals surface area contributed by atoms with Gasteiger partial charge in [0.05, 0.1) is 34.9 Å². The number of fused-ring (bicyclic) bond motifs is 5. The number of ether oxygens (including phenoxy) is 1. The minimum Gasteiger partial charge on any atom is -0.508 e. The van der Waals surface area contributed by atoms with Crippen LogP contribution in [-0.4, -0.2) is 39.6 Å². The molecule has 0 amide bonds. The lowest BCUT2D eigenvalue weighted by molar-refractivity contribution is -0.148. The van der Waals surface area contributed by atoms with E-state index in [0.717, 1.165) is 39.0 Å². The lowest BCUT2D eigenvalue weighted by Gasteiger charge is -2.24. The van der Waals surface area contributed by atoms with Crippen molar-refractivity contribution >= 4 is 16.9 Å². The van der Waals surface area contributed by atoms with Gasteiger partial charge < -0.3 is 19.3 Å². The van der Waals surface area contributed by atoms with E-state index in [1.165, 1.54) is 0 Å². The Morgan fingerprint density at radius 2 is 2.07 bits per heavy atom. The molecule has 0 fully saturated rings. The number of esters is 1. The number of aromatic hydroxyl groups is 1. The number of benzene rings is 1. The standard InChI is InChI=1S/C23H23N3O4/c1-4-13-14-8-19-21-12(9-26(19)22(28)17(14)11-30-23(13)29)7-15-16(10-25(2)3)20(27)6-5-18(15)24-21/h5-8,13,27H,4,9-11H2,1-3H3. The Hall–Kier alpha value is -3.19. The molecule has 0 aliphatic carbocycles. The van der Waals surface area contributed by atoms with Gasteiger partial charge in [0.2, 0.25) is 0 Å². The summed E-state index contributed by atoms with van der Waals surface area (Å²) in [5.74, 6) is -0.453. The highest BCUT2D eigenvalue weighted by Crippen LogP contribution is 2.38. The Kier molecular flexibility index (Phi) is 4.18. The molecule has 30 heavy (non-hydrogen) atoms. The number of hydrogen-bond donors (Lipinski definition) is 1. The van der Waals surface area contributed by atoms with Gasteiger partial charge >= 0.3 is 5.97 Å². The zero-order valence-corrected chi connectivity index (χ0v) is 17.2. The third-order valence-corrected chi connectivity index (χ3v) is 6.07. The third-order valence-electron chi connectivity index (χ3n) is 6.07. The molecule has 4 heterocycles. The second-order valence-corrected chi connectivity index (χ2v) is 8.29. The van der Waals surface area contributed by atoms with Crippen molar-refractivity contribution in [1.29, 1.82) is 0 Å². The van der Waals surface area contributed by atoms with E-state index in [-0.39, 0.29) is 23.9 Å². The van der Waals surface area contributed by atoms with E-state index in [0.29, 0.717) is 25.1 Å². The molecule has 2 aliphatic rings. The van der Waals surface area contributed by atoms with Crippen molar-refractivity contribution < 1.29 is 14.6 Å². The molecule has 2 aliphatic heterocycles. The predicted molar refractivity (Wildman–Crippen MR) is 112 cm³/mol. The fraction of sp³-hybridized carbons (Fsp3) is 0.348. The van der Waals surface area contributed by atoms with E-state index >= 15 is 0 Å². The van der Waals surface area contributed by atoms with Crippen molar-refractivity contribution in [3.63, 3.8) is 0 Å². The summed E-state index contributed by atoms with van der Waals surface area (Å²) in [6, 6.07) is 7.44. The van der Waals surface area contributed by atoms with E-state index in [1.807, 2.05) is 38.1 Å². The van der Waals surface area contributed by atoms with Crippen LogP contribution in [0.3, 0.4) is 0 Å². The van der Waals surface area contributed by atoms with Gasteiger partial charge in [0.15, 0.2) is 0 Å². The van der Waals surface area contributed by atoms with Gasteiger partial charge in [-0.05, 0) is 50.3 Å². The molecule has 0 saturated heterocycles. The molecule has 7 nitrogen and oxygen atoms in total. The van der Waals surface area contributed by atoms with Gasteiger partial charge in [0.1, 0.15) is 12.4 Å². The van der Waals surface area contributed by atoms with Crippen LogP contribution in [0.1, 0.15) is 41.5 Å². The topological polar surface area (TPSA) is 84.7 Å². The number of nitrogens with zero attached hydrogens (tertiary/aromatic N) is 3. The molecular weight excluding hydrogens is 382 g/mol. The Labute approximate surface area is 173 Å². The van der Waals surface area contributed by atoms with Gasteiger partial charge in [-0.25, -0.2) is 4.98 Å². The number of carbonyl (C=O) groups is 1. The fourth-order valence-electron chi connectivity index (χ4n) is 4.60. The lowest BCUT2D eigenvalue weighted by atomic mass is 9.90. The van der Waals surface area contributed by atoms with Crippen LogP contribution in [0.5, 0.6) is 5.75 Å². The summed E-state index contributed by atoms with van der Waals surface area (Å²) in [6.07, 6.45) is 0.583. The number of phenols is 1. The second kappa shape index (κ2) is 6.67. The van der Waals surface area contributed by atoms with E-state index in [2.05, 4.69) is 0 Å². The molecule has 2 aromatic heterocycles. The SMILES string of the molecule is CCC1C(=O)OCc2c1cc1n(c2=O)Cc2cc3c(CN(C)C)c(O)ccc3nc2-1. The molecule has 154 valence electrons. The number of rotatable bonds is 3. The average Bonchev–Trinajstić information content (AvgIpc) is 3.07. The maximum atomic E-state index is 13.2. The van der Waals surface area contributed by atoms with Crippen LogP contribution >= 0.6 is 0 Å². The van der Waals surface area contributed by atoms with Crippen LogP contribution in [0, 0.1) is 0 Å². The van der Waals surface area contributed by atoms with Crippen molar-refractivity contribution in [2.45, 2.75) is 39.0 Å². The molecule has 1 unspecified atom stereocenters. The molecule has 0 spiro atoms. The number of aromatic nitrogens is 2. The van der Waals surface area contributed by atoms with E-state index < -0.39 is 5.92 Å². The summed E-state index contributed by atoms with van der Waals surface area (Å²) in [4.78, 5) is 32.3. The van der Waals surface area contributed by atoms with Gasteiger partial charge in [0, 0.05) is 23.1 Å². The van der Waals surface area contributed by atoms with E-state index in [9.17, 15) is 14.7 Å². The summed E-state index contributed by atoms with van der Waals surface area (Å²) in [6.45, 7) is 2.95. The summed E-state index contributed by atoms with van der Waals surface area (Å²) < 4.78 is 6.97. The van der Waals surface area contributed by atoms with Crippen LogP contribution in [0.2, 0.25) is 0 Å². The van der Waals surface area contributed by atoms with Crippen LogP contribution in [0.25, 0.3) is 22.3 Å². The molecule has 7 heteroatoms. The number of cyclic esters (lactones) is 1. The number of phenolic OH excluding ortho intramolecular Hbond substituents is 1. The minimum atomic E-state index is -0.416. The van der Waals surface area contributed by atoms with Gasteiger partial charge in [0.25, 0.3) is 5.56 Å². The lowest BCUT2D eigenvalue weighted by Crippen LogP contribution is -2.32. The molecule has 5 rings (SSSR count). The zero-order chi connectivity index (χ0) is 21.2. The molecule has 1 N–H and O–H groups in total. The predicted octanol–water partition coefficient (Wildman–Crippen LogP) is 2.74. The monoisotopic (exact) mass is 405 g/mol. The van der Waals surface area contributed by atoms with Gasteiger partial charge in [-0.15, -0.1) is 0 Å². The normalized spacial score (nSPS) is 17.1. The Bertz CT molecular complexity index is 1280. The van der Waals surface area contributed by atoms with Gasteiger partial charge in [-0.3, -0.25) is 9.59 Å². The van der Waals surface area contributed by atoms with E-state index in [4.69, 9.17) is 9.72 Å². The van der Waals surface area contributed by atoms with Crippen molar-refractivity contribution in [2.75, 3.05) is 14.1 Å². The van der Waals surface area contributed by atoms with Crippen molar-refractivity contribution in [3.8, 4) is 17.1 Å². The quantitative estimate of drug-likeness (QED) is 0.528. The first-order chi connectivity index (χ1) is 14.4. The minimum absolute atomic E-state index is 0.0242. The van der Waals surface area contributed by atoms with E-state index in [1.54, 1.807) is 16.7 Å². The maximum absolute atomic E-state index is 13.2. The van der Waals surface area contributed by atoms with Gasteiger partial charge in [-0.1, -0.05) is 6.92 Å². The molecule has 1 atom stereocenters. The first-order valence-corrected chi connectivity index (χ1v) is 10.1. The summed E-state index contributed by atoms with van der Waals surface area (Å²) >= 11 is 0. The third kappa shape index (κ3) is 2.65. The van der Waals surface area contributed by atoms with Crippen LogP contribution in [0.4, 0.5) is 0 Å². The highest BCUT2D eigenvalue weighted by Gasteiger charge is 2.34. The van der Waals surface area contributed by atoms with Crippen LogP contribution < -0.4 is 5.56 Å². The number of carbonyl (C=O) groups excluding carboxylic acids is 1. The zero-order valence-electron chi connectivity index (χ0n) is 17.2. The molecular formula is C23H23N3O4. The Balaban J connectivity index is 1.73. The van der Waals surface area contributed by atoms with Crippen molar-refractivity contribution in [2.24, 2.45) is 0 Å².